The normalized spacial score (nSPS) is 25.5. The standard InChI is InChI=1S/C15H22N2O2/c1-17-9-7-15(6-8-16-10-15)13-11(18-2)4-5-12(19-3)14(13)17/h4-5,16H,6-10H2,1-3H3. The first-order chi connectivity index (χ1) is 9.22. The number of ether oxygens (including phenoxy) is 2. The molecule has 2 heterocycles. The summed E-state index contributed by atoms with van der Waals surface area (Å²) in [5.41, 5.74) is 2.74. The van der Waals surface area contributed by atoms with Gasteiger partial charge in [-0.3, -0.25) is 0 Å². The van der Waals surface area contributed by atoms with Crippen LogP contribution in [0.25, 0.3) is 0 Å². The highest BCUT2D eigenvalue weighted by molar-refractivity contribution is 5.72. The quantitative estimate of drug-likeness (QED) is 0.881. The van der Waals surface area contributed by atoms with Gasteiger partial charge in [-0.15, -0.1) is 0 Å². The third-order valence-electron chi connectivity index (χ3n) is 4.62. The molecule has 1 N–H and O–H groups in total. The molecule has 1 aromatic carbocycles. The number of rotatable bonds is 2. The molecule has 19 heavy (non-hydrogen) atoms. The first-order valence-corrected chi connectivity index (χ1v) is 6.89. The van der Waals surface area contributed by atoms with Gasteiger partial charge in [0.05, 0.1) is 19.9 Å². The van der Waals surface area contributed by atoms with Gasteiger partial charge in [-0.25, -0.2) is 0 Å². The fourth-order valence-corrected chi connectivity index (χ4v) is 3.57. The number of hydrogen-bond acceptors (Lipinski definition) is 4. The summed E-state index contributed by atoms with van der Waals surface area (Å²) in [5.74, 6) is 1.94. The van der Waals surface area contributed by atoms with E-state index in [0.717, 1.165) is 31.1 Å². The first-order valence-electron chi connectivity index (χ1n) is 6.89. The molecule has 1 unspecified atom stereocenters. The SMILES string of the molecule is COc1ccc(OC)c2c1N(C)CCC21CCNC1. The predicted molar refractivity (Wildman–Crippen MR) is 76.6 cm³/mol. The number of fused-ring (bicyclic) bond motifs is 2. The fraction of sp³-hybridized carbons (Fsp3) is 0.600. The molecule has 0 aromatic heterocycles. The van der Waals surface area contributed by atoms with Gasteiger partial charge in [-0.05, 0) is 31.5 Å². The van der Waals surface area contributed by atoms with Gasteiger partial charge in [-0.2, -0.15) is 0 Å². The summed E-state index contributed by atoms with van der Waals surface area (Å²) < 4.78 is 11.2. The zero-order chi connectivity index (χ0) is 13.5. The average molecular weight is 262 g/mol. The molecule has 0 bridgehead atoms. The van der Waals surface area contributed by atoms with Gasteiger partial charge >= 0.3 is 0 Å². The van der Waals surface area contributed by atoms with Crippen molar-refractivity contribution >= 4 is 5.69 Å². The van der Waals surface area contributed by atoms with Crippen LogP contribution in [0, 0.1) is 0 Å². The lowest BCUT2D eigenvalue weighted by Gasteiger charge is -2.41. The van der Waals surface area contributed by atoms with Crippen LogP contribution >= 0.6 is 0 Å². The molecule has 1 atom stereocenters. The van der Waals surface area contributed by atoms with Crippen LogP contribution in [-0.2, 0) is 5.41 Å². The summed E-state index contributed by atoms with van der Waals surface area (Å²) in [5, 5.41) is 3.51. The summed E-state index contributed by atoms with van der Waals surface area (Å²) in [7, 11) is 5.63. The lowest BCUT2D eigenvalue weighted by molar-refractivity contribution is 0.355. The molecule has 0 amide bonds. The van der Waals surface area contributed by atoms with E-state index in [4.69, 9.17) is 9.47 Å². The number of nitrogens with zero attached hydrogens (tertiary/aromatic N) is 1. The molecule has 1 fully saturated rings. The van der Waals surface area contributed by atoms with Crippen LogP contribution < -0.4 is 19.7 Å². The fourth-order valence-electron chi connectivity index (χ4n) is 3.57. The van der Waals surface area contributed by atoms with Gasteiger partial charge in [0.1, 0.15) is 11.5 Å². The van der Waals surface area contributed by atoms with E-state index in [2.05, 4.69) is 17.3 Å². The highest BCUT2D eigenvalue weighted by Crippen LogP contribution is 2.51. The molecule has 1 spiro atoms. The van der Waals surface area contributed by atoms with Crippen LogP contribution in [0.15, 0.2) is 12.1 Å². The summed E-state index contributed by atoms with van der Waals surface area (Å²) in [6.45, 7) is 3.19. The molecular formula is C15H22N2O2. The minimum atomic E-state index is 0.210. The van der Waals surface area contributed by atoms with E-state index < -0.39 is 0 Å². The Bertz CT molecular complexity index is 481. The topological polar surface area (TPSA) is 33.7 Å². The molecular weight excluding hydrogens is 240 g/mol. The molecule has 3 rings (SSSR count). The summed E-state index contributed by atoms with van der Waals surface area (Å²) in [4.78, 5) is 2.29. The molecule has 4 nitrogen and oxygen atoms in total. The predicted octanol–water partition coefficient (Wildman–Crippen LogP) is 1.77. The lowest BCUT2D eigenvalue weighted by atomic mass is 9.73. The molecule has 0 radical (unpaired) electrons. The number of nitrogens with one attached hydrogen (secondary N) is 1. The second-order valence-electron chi connectivity index (χ2n) is 5.57. The van der Waals surface area contributed by atoms with Crippen molar-refractivity contribution in [3.63, 3.8) is 0 Å². The minimum absolute atomic E-state index is 0.210. The van der Waals surface area contributed by atoms with Crippen LogP contribution in [0.2, 0.25) is 0 Å². The highest BCUT2D eigenvalue weighted by atomic mass is 16.5. The second kappa shape index (κ2) is 4.60. The van der Waals surface area contributed by atoms with E-state index in [0.29, 0.717) is 0 Å². The van der Waals surface area contributed by atoms with Crippen LogP contribution in [0.4, 0.5) is 5.69 Å². The van der Waals surface area contributed by atoms with E-state index in [1.807, 2.05) is 12.1 Å². The maximum atomic E-state index is 5.64. The van der Waals surface area contributed by atoms with Crippen LogP contribution in [0.5, 0.6) is 11.5 Å². The zero-order valence-electron chi connectivity index (χ0n) is 12.0. The number of hydrogen-bond donors (Lipinski definition) is 1. The maximum Gasteiger partial charge on any atom is 0.142 e. The van der Waals surface area contributed by atoms with E-state index >= 15 is 0 Å². The Balaban J connectivity index is 2.23. The van der Waals surface area contributed by atoms with Crippen molar-refractivity contribution in [2.45, 2.75) is 18.3 Å². The van der Waals surface area contributed by atoms with Crippen molar-refractivity contribution in [3.05, 3.63) is 17.7 Å². The van der Waals surface area contributed by atoms with Gasteiger partial charge < -0.3 is 19.7 Å². The number of methoxy groups -OCH3 is 2. The first kappa shape index (κ1) is 12.6. The monoisotopic (exact) mass is 262 g/mol. The third-order valence-corrected chi connectivity index (χ3v) is 4.62. The Hall–Kier alpha value is -1.42. The lowest BCUT2D eigenvalue weighted by Crippen LogP contribution is -2.40. The van der Waals surface area contributed by atoms with Crippen molar-refractivity contribution in [3.8, 4) is 11.5 Å². The van der Waals surface area contributed by atoms with Crippen molar-refractivity contribution in [2.24, 2.45) is 0 Å². The number of anilines is 1. The molecule has 0 aliphatic carbocycles. The molecule has 0 saturated carbocycles. The summed E-state index contributed by atoms with van der Waals surface area (Å²) in [6, 6.07) is 4.05. The van der Waals surface area contributed by atoms with Gasteiger partial charge in [0.2, 0.25) is 0 Å². The van der Waals surface area contributed by atoms with E-state index in [9.17, 15) is 0 Å². The third kappa shape index (κ3) is 1.77. The van der Waals surface area contributed by atoms with Gasteiger partial charge in [0, 0.05) is 31.1 Å². The van der Waals surface area contributed by atoms with Crippen molar-refractivity contribution in [2.75, 3.05) is 45.8 Å². The molecule has 4 heteroatoms. The number of benzene rings is 1. The highest BCUT2D eigenvalue weighted by Gasteiger charge is 2.44. The van der Waals surface area contributed by atoms with E-state index in [1.54, 1.807) is 14.2 Å². The summed E-state index contributed by atoms with van der Waals surface area (Å²) >= 11 is 0. The molecule has 2 aliphatic rings. The van der Waals surface area contributed by atoms with E-state index in [1.165, 1.54) is 24.1 Å². The van der Waals surface area contributed by atoms with Crippen molar-refractivity contribution in [1.82, 2.24) is 5.32 Å². The zero-order valence-corrected chi connectivity index (χ0v) is 12.0. The van der Waals surface area contributed by atoms with Gasteiger partial charge in [0.25, 0.3) is 0 Å². The Kier molecular flexibility index (Phi) is 3.05. The second-order valence-corrected chi connectivity index (χ2v) is 5.57. The molecule has 104 valence electrons. The van der Waals surface area contributed by atoms with Crippen LogP contribution in [0.3, 0.4) is 0 Å². The van der Waals surface area contributed by atoms with Crippen LogP contribution in [0.1, 0.15) is 18.4 Å². The van der Waals surface area contributed by atoms with Gasteiger partial charge in [0.15, 0.2) is 0 Å². The smallest absolute Gasteiger partial charge is 0.142 e. The summed E-state index contributed by atoms with van der Waals surface area (Å²) in [6.07, 6.45) is 2.35. The van der Waals surface area contributed by atoms with Crippen molar-refractivity contribution in [1.29, 1.82) is 0 Å². The Labute approximate surface area is 114 Å². The molecule has 1 aromatic rings. The largest absolute Gasteiger partial charge is 0.496 e. The average Bonchev–Trinajstić information content (AvgIpc) is 2.91. The van der Waals surface area contributed by atoms with Gasteiger partial charge in [-0.1, -0.05) is 0 Å². The van der Waals surface area contributed by atoms with E-state index in [-0.39, 0.29) is 5.41 Å². The maximum absolute atomic E-state index is 5.64. The Morgan fingerprint density at radius 1 is 1.16 bits per heavy atom. The Morgan fingerprint density at radius 3 is 2.53 bits per heavy atom. The van der Waals surface area contributed by atoms with Crippen molar-refractivity contribution < 1.29 is 9.47 Å². The Morgan fingerprint density at radius 2 is 1.89 bits per heavy atom. The molecule has 1 saturated heterocycles. The van der Waals surface area contributed by atoms with Crippen LogP contribution in [-0.4, -0.2) is 40.9 Å². The molecule has 2 aliphatic heterocycles. The minimum Gasteiger partial charge on any atom is -0.496 e.